The quantitative estimate of drug-likeness (QED) is 0.496. The predicted octanol–water partition coefficient (Wildman–Crippen LogP) is 3.16. The summed E-state index contributed by atoms with van der Waals surface area (Å²) in [7, 11) is 0. The maximum atomic E-state index is 11.4. The Morgan fingerprint density at radius 3 is 2.81 bits per heavy atom. The molecule has 1 heterocycles. The lowest BCUT2D eigenvalue weighted by Gasteiger charge is -2.13. The summed E-state index contributed by atoms with van der Waals surface area (Å²) in [6.45, 7) is 0.0834. The summed E-state index contributed by atoms with van der Waals surface area (Å²) >= 11 is 13.0. The molecule has 1 N–H and O–H groups in total. The zero-order chi connectivity index (χ0) is 15.2. The van der Waals surface area contributed by atoms with E-state index in [1.54, 1.807) is 36.4 Å². The van der Waals surface area contributed by atoms with Crippen LogP contribution >= 0.6 is 35.0 Å². The highest BCUT2D eigenvalue weighted by Gasteiger charge is 2.12. The minimum Gasteiger partial charge on any atom is -0.618 e. The number of rotatable bonds is 6. The smallest absolute Gasteiger partial charge is 0.251 e. The molecule has 1 aromatic heterocycles. The summed E-state index contributed by atoms with van der Waals surface area (Å²) in [5.41, 5.74) is 0. The van der Waals surface area contributed by atoms with Gasteiger partial charge in [-0.25, -0.2) is 0 Å². The molecule has 0 saturated carbocycles. The molecule has 0 radical (unpaired) electrons. The number of aromatic nitrogens is 1. The average Bonchev–Trinajstić information content (AvgIpc) is 2.45. The SMILES string of the molecule is [O-][n+]1ccccc1SCC(O)COc1ccc(Cl)cc1Cl. The fraction of sp³-hybridized carbons (Fsp3) is 0.214. The van der Waals surface area contributed by atoms with Gasteiger partial charge in [-0.05, 0) is 24.3 Å². The third kappa shape index (κ3) is 4.97. The number of aliphatic hydroxyl groups excluding tert-OH is 1. The lowest BCUT2D eigenvalue weighted by Crippen LogP contribution is -2.29. The van der Waals surface area contributed by atoms with Gasteiger partial charge in [0.1, 0.15) is 12.4 Å². The summed E-state index contributed by atoms with van der Waals surface area (Å²) in [5.74, 6) is 0.806. The molecule has 0 bridgehead atoms. The van der Waals surface area contributed by atoms with Gasteiger partial charge in [0.25, 0.3) is 5.03 Å². The number of nitrogens with zero attached hydrogens (tertiary/aromatic N) is 1. The zero-order valence-corrected chi connectivity index (χ0v) is 13.2. The van der Waals surface area contributed by atoms with E-state index in [0.29, 0.717) is 26.6 Å². The van der Waals surface area contributed by atoms with Crippen LogP contribution in [-0.2, 0) is 0 Å². The van der Waals surface area contributed by atoms with Crippen molar-refractivity contribution in [3.63, 3.8) is 0 Å². The lowest BCUT2D eigenvalue weighted by atomic mass is 10.3. The molecule has 0 saturated heterocycles. The fourth-order valence-corrected chi connectivity index (χ4v) is 2.82. The molecule has 4 nitrogen and oxygen atoms in total. The maximum absolute atomic E-state index is 11.4. The second-order valence-corrected chi connectivity index (χ2v) is 6.10. The maximum Gasteiger partial charge on any atom is 0.251 e. The molecular formula is C14H13Cl2NO3S. The Hall–Kier alpha value is -1.14. The van der Waals surface area contributed by atoms with Crippen molar-refractivity contribution in [1.82, 2.24) is 0 Å². The van der Waals surface area contributed by atoms with Crippen LogP contribution in [0.1, 0.15) is 0 Å². The molecule has 1 unspecified atom stereocenters. The summed E-state index contributed by atoms with van der Waals surface area (Å²) in [4.78, 5) is 0. The zero-order valence-electron chi connectivity index (χ0n) is 10.9. The molecular weight excluding hydrogens is 333 g/mol. The second-order valence-electron chi connectivity index (χ2n) is 4.22. The fourth-order valence-electron chi connectivity index (χ4n) is 1.53. The molecule has 0 aliphatic rings. The van der Waals surface area contributed by atoms with Crippen molar-refractivity contribution < 1.29 is 14.6 Å². The van der Waals surface area contributed by atoms with E-state index >= 15 is 0 Å². The number of hydrogen-bond acceptors (Lipinski definition) is 4. The molecule has 7 heteroatoms. The highest BCUT2D eigenvalue weighted by molar-refractivity contribution is 7.99. The van der Waals surface area contributed by atoms with E-state index in [2.05, 4.69) is 0 Å². The minimum absolute atomic E-state index is 0.0834. The molecule has 0 fully saturated rings. The van der Waals surface area contributed by atoms with Crippen LogP contribution in [0.2, 0.25) is 10.0 Å². The first-order valence-electron chi connectivity index (χ1n) is 6.13. The first-order valence-corrected chi connectivity index (χ1v) is 7.87. The van der Waals surface area contributed by atoms with E-state index in [0.717, 1.165) is 4.73 Å². The largest absolute Gasteiger partial charge is 0.618 e. The highest BCUT2D eigenvalue weighted by atomic mass is 35.5. The first kappa shape index (κ1) is 16.2. The summed E-state index contributed by atoms with van der Waals surface area (Å²) in [6.07, 6.45) is 0.695. The standard InChI is InChI=1S/C14H13Cl2NO3S/c15-10-4-5-13(12(16)7-10)20-8-11(18)9-21-14-3-1-2-6-17(14)19/h1-7,11,18H,8-9H2. The van der Waals surface area contributed by atoms with Crippen molar-refractivity contribution in [1.29, 1.82) is 0 Å². The summed E-state index contributed by atoms with van der Waals surface area (Å²) < 4.78 is 6.19. The van der Waals surface area contributed by atoms with Crippen molar-refractivity contribution >= 4 is 35.0 Å². The van der Waals surface area contributed by atoms with Crippen molar-refractivity contribution in [2.75, 3.05) is 12.4 Å². The van der Waals surface area contributed by atoms with Gasteiger partial charge < -0.3 is 15.1 Å². The first-order chi connectivity index (χ1) is 10.1. The predicted molar refractivity (Wildman–Crippen MR) is 84.1 cm³/mol. The number of aliphatic hydroxyl groups is 1. The number of ether oxygens (including phenoxy) is 1. The Kier molecular flexibility index (Phi) is 5.99. The molecule has 0 aliphatic carbocycles. The topological polar surface area (TPSA) is 56.4 Å². The van der Waals surface area contributed by atoms with E-state index in [1.807, 2.05) is 0 Å². The van der Waals surface area contributed by atoms with E-state index < -0.39 is 6.10 Å². The number of halogens is 2. The van der Waals surface area contributed by atoms with Crippen molar-refractivity contribution in [2.45, 2.75) is 11.1 Å². The van der Waals surface area contributed by atoms with E-state index in [1.165, 1.54) is 18.0 Å². The van der Waals surface area contributed by atoms with Gasteiger partial charge in [-0.3, -0.25) is 0 Å². The Morgan fingerprint density at radius 2 is 2.10 bits per heavy atom. The van der Waals surface area contributed by atoms with Crippen molar-refractivity contribution in [2.24, 2.45) is 0 Å². The summed E-state index contributed by atoms with van der Waals surface area (Å²) in [6, 6.07) is 10.00. The van der Waals surface area contributed by atoms with Crippen LogP contribution in [0, 0.1) is 5.21 Å². The van der Waals surface area contributed by atoms with E-state index in [4.69, 9.17) is 27.9 Å². The molecule has 21 heavy (non-hydrogen) atoms. The van der Waals surface area contributed by atoms with Crippen LogP contribution in [0.25, 0.3) is 0 Å². The molecule has 2 rings (SSSR count). The van der Waals surface area contributed by atoms with Crippen molar-refractivity contribution in [3.05, 3.63) is 57.8 Å². The normalized spacial score (nSPS) is 12.1. The van der Waals surface area contributed by atoms with Crippen LogP contribution in [0.4, 0.5) is 0 Å². The van der Waals surface area contributed by atoms with Crippen LogP contribution < -0.4 is 9.47 Å². The van der Waals surface area contributed by atoms with Gasteiger partial charge in [0.2, 0.25) is 0 Å². The van der Waals surface area contributed by atoms with Gasteiger partial charge in [-0.15, -0.1) is 0 Å². The molecule has 0 spiro atoms. The molecule has 112 valence electrons. The van der Waals surface area contributed by atoms with Crippen LogP contribution in [0.15, 0.2) is 47.6 Å². The third-order valence-electron chi connectivity index (χ3n) is 2.54. The van der Waals surface area contributed by atoms with Crippen molar-refractivity contribution in [3.8, 4) is 5.75 Å². The van der Waals surface area contributed by atoms with Crippen LogP contribution in [0.3, 0.4) is 0 Å². The van der Waals surface area contributed by atoms with Crippen LogP contribution in [0.5, 0.6) is 5.75 Å². The van der Waals surface area contributed by atoms with Gasteiger partial charge in [-0.1, -0.05) is 35.0 Å². The average molecular weight is 346 g/mol. The summed E-state index contributed by atoms with van der Waals surface area (Å²) in [5, 5.41) is 22.8. The Labute approximate surface area is 136 Å². The van der Waals surface area contributed by atoms with E-state index in [-0.39, 0.29) is 6.61 Å². The Balaban J connectivity index is 1.82. The van der Waals surface area contributed by atoms with Crippen LogP contribution in [-0.4, -0.2) is 23.6 Å². The van der Waals surface area contributed by atoms with Gasteiger partial charge in [0.15, 0.2) is 6.20 Å². The molecule has 2 aromatic rings. The van der Waals surface area contributed by atoms with Gasteiger partial charge in [0.05, 0.1) is 11.1 Å². The minimum atomic E-state index is -0.720. The number of thioether (sulfide) groups is 1. The molecule has 1 atom stereocenters. The third-order valence-corrected chi connectivity index (χ3v) is 4.23. The molecule has 1 aromatic carbocycles. The molecule has 0 amide bonds. The van der Waals surface area contributed by atoms with E-state index in [9.17, 15) is 10.3 Å². The van der Waals surface area contributed by atoms with Gasteiger partial charge in [0, 0.05) is 22.9 Å². The number of pyridine rings is 1. The van der Waals surface area contributed by atoms with Gasteiger partial charge in [-0.2, -0.15) is 4.73 Å². The Bertz CT molecular complexity index is 613. The number of benzene rings is 1. The Morgan fingerprint density at radius 1 is 1.29 bits per heavy atom. The second kappa shape index (κ2) is 7.75. The molecule has 0 aliphatic heterocycles. The lowest BCUT2D eigenvalue weighted by molar-refractivity contribution is -0.645. The van der Waals surface area contributed by atoms with Gasteiger partial charge >= 0.3 is 0 Å². The number of hydrogen-bond donors (Lipinski definition) is 1. The monoisotopic (exact) mass is 345 g/mol. The highest BCUT2D eigenvalue weighted by Crippen LogP contribution is 2.27.